The molecule has 0 saturated heterocycles. The third kappa shape index (κ3) is 2.77. The molecule has 2 aromatic heterocycles. The molecule has 0 amide bonds. The molecule has 0 spiro atoms. The van der Waals surface area contributed by atoms with Crippen molar-refractivity contribution in [2.24, 2.45) is 0 Å². The molecule has 0 bridgehead atoms. The highest BCUT2D eigenvalue weighted by molar-refractivity contribution is 5.78. The van der Waals surface area contributed by atoms with Gasteiger partial charge in [-0.1, -0.05) is 31.2 Å². The van der Waals surface area contributed by atoms with Crippen molar-refractivity contribution in [1.82, 2.24) is 9.97 Å². The van der Waals surface area contributed by atoms with E-state index in [1.165, 1.54) is 5.56 Å². The number of hydrogen-bond acceptors (Lipinski definition) is 3. The van der Waals surface area contributed by atoms with Gasteiger partial charge in [0.05, 0.1) is 11.2 Å². The highest BCUT2D eigenvalue weighted by Gasteiger charge is 2.00. The second-order valence-corrected chi connectivity index (χ2v) is 4.64. The van der Waals surface area contributed by atoms with Gasteiger partial charge in [-0.2, -0.15) is 0 Å². The summed E-state index contributed by atoms with van der Waals surface area (Å²) in [6.07, 6.45) is 2.90. The summed E-state index contributed by atoms with van der Waals surface area (Å²) >= 11 is 0. The van der Waals surface area contributed by atoms with Crippen molar-refractivity contribution in [2.45, 2.75) is 20.0 Å². The number of nitrogens with zero attached hydrogens (tertiary/aromatic N) is 2. The van der Waals surface area contributed by atoms with Crippen LogP contribution < -0.4 is 4.74 Å². The summed E-state index contributed by atoms with van der Waals surface area (Å²) in [6, 6.07) is 16.0. The van der Waals surface area contributed by atoms with Crippen LogP contribution in [0.15, 0.2) is 54.7 Å². The molecule has 3 nitrogen and oxygen atoms in total. The van der Waals surface area contributed by atoms with E-state index in [9.17, 15) is 0 Å². The van der Waals surface area contributed by atoms with Gasteiger partial charge in [0.1, 0.15) is 6.61 Å². The fourth-order valence-electron chi connectivity index (χ4n) is 2.03. The largest absolute Gasteiger partial charge is 0.471 e. The first-order valence-corrected chi connectivity index (χ1v) is 6.77. The lowest BCUT2D eigenvalue weighted by atomic mass is 10.2. The molecule has 100 valence electrons. The maximum atomic E-state index is 5.70. The van der Waals surface area contributed by atoms with Crippen molar-refractivity contribution >= 4 is 10.9 Å². The molecule has 0 aliphatic rings. The van der Waals surface area contributed by atoms with Gasteiger partial charge < -0.3 is 4.74 Å². The molecule has 2 heterocycles. The van der Waals surface area contributed by atoms with Gasteiger partial charge in [0.25, 0.3) is 0 Å². The number of benzene rings is 1. The molecule has 0 aliphatic heterocycles. The van der Waals surface area contributed by atoms with Crippen LogP contribution >= 0.6 is 0 Å². The van der Waals surface area contributed by atoms with Crippen LogP contribution in [0.3, 0.4) is 0 Å². The molecule has 0 fully saturated rings. The lowest BCUT2D eigenvalue weighted by Crippen LogP contribution is -2.00. The van der Waals surface area contributed by atoms with Crippen molar-refractivity contribution in [3.8, 4) is 5.88 Å². The molecule has 0 saturated carbocycles. The Balaban J connectivity index is 1.72. The molecule has 3 rings (SSSR count). The Morgan fingerprint density at radius 2 is 1.90 bits per heavy atom. The third-order valence-electron chi connectivity index (χ3n) is 3.24. The van der Waals surface area contributed by atoms with Gasteiger partial charge in [-0.15, -0.1) is 0 Å². The van der Waals surface area contributed by atoms with Crippen molar-refractivity contribution < 1.29 is 4.74 Å². The van der Waals surface area contributed by atoms with E-state index in [-0.39, 0.29) is 0 Å². The quantitative estimate of drug-likeness (QED) is 0.719. The van der Waals surface area contributed by atoms with E-state index in [0.717, 1.165) is 23.0 Å². The van der Waals surface area contributed by atoms with E-state index in [2.05, 4.69) is 23.0 Å². The van der Waals surface area contributed by atoms with Gasteiger partial charge in [-0.3, -0.25) is 4.98 Å². The fourth-order valence-corrected chi connectivity index (χ4v) is 2.03. The minimum Gasteiger partial charge on any atom is -0.471 e. The zero-order valence-electron chi connectivity index (χ0n) is 11.4. The minimum absolute atomic E-state index is 0.440. The number of ether oxygens (including phenoxy) is 1. The molecule has 3 aromatic rings. The maximum Gasteiger partial charge on any atom is 0.214 e. The molecule has 0 unspecified atom stereocenters. The van der Waals surface area contributed by atoms with Crippen LogP contribution in [0.2, 0.25) is 0 Å². The summed E-state index contributed by atoms with van der Waals surface area (Å²) < 4.78 is 5.70. The van der Waals surface area contributed by atoms with Gasteiger partial charge in [0.15, 0.2) is 0 Å². The molecule has 0 N–H and O–H groups in total. The lowest BCUT2D eigenvalue weighted by Gasteiger charge is -2.06. The smallest absolute Gasteiger partial charge is 0.214 e. The minimum atomic E-state index is 0.440. The summed E-state index contributed by atoms with van der Waals surface area (Å²) in [5.74, 6) is 0.630. The highest BCUT2D eigenvalue weighted by Crippen LogP contribution is 2.16. The maximum absolute atomic E-state index is 5.70. The summed E-state index contributed by atoms with van der Waals surface area (Å²) in [7, 11) is 0. The molecular weight excluding hydrogens is 248 g/mol. The van der Waals surface area contributed by atoms with Crippen molar-refractivity contribution in [1.29, 1.82) is 0 Å². The molecule has 0 atom stereocenters. The first-order chi connectivity index (χ1) is 9.85. The van der Waals surface area contributed by atoms with E-state index in [1.807, 2.05) is 48.7 Å². The van der Waals surface area contributed by atoms with Crippen molar-refractivity contribution in [3.05, 3.63) is 66.0 Å². The predicted octanol–water partition coefficient (Wildman–Crippen LogP) is 3.77. The summed E-state index contributed by atoms with van der Waals surface area (Å²) in [5.41, 5.74) is 3.09. The van der Waals surface area contributed by atoms with Crippen LogP contribution in [0.25, 0.3) is 10.9 Å². The van der Waals surface area contributed by atoms with E-state index in [4.69, 9.17) is 4.74 Å². The Morgan fingerprint density at radius 3 is 2.70 bits per heavy atom. The normalized spacial score (nSPS) is 10.7. The third-order valence-corrected chi connectivity index (χ3v) is 3.24. The Morgan fingerprint density at radius 1 is 1.00 bits per heavy atom. The average molecular weight is 264 g/mol. The molecular formula is C17H16N2O. The van der Waals surface area contributed by atoms with E-state index >= 15 is 0 Å². The molecule has 1 aromatic carbocycles. The lowest BCUT2D eigenvalue weighted by molar-refractivity contribution is 0.290. The van der Waals surface area contributed by atoms with Crippen LogP contribution in [-0.4, -0.2) is 9.97 Å². The Hall–Kier alpha value is -2.42. The van der Waals surface area contributed by atoms with Crippen molar-refractivity contribution in [3.63, 3.8) is 0 Å². The first kappa shape index (κ1) is 12.6. The van der Waals surface area contributed by atoms with Gasteiger partial charge in [0.2, 0.25) is 5.88 Å². The van der Waals surface area contributed by atoms with Gasteiger partial charge in [0, 0.05) is 17.6 Å². The van der Waals surface area contributed by atoms with Crippen LogP contribution in [-0.2, 0) is 13.0 Å². The molecule has 3 heteroatoms. The van der Waals surface area contributed by atoms with Crippen LogP contribution in [0.1, 0.15) is 18.2 Å². The molecule has 0 aliphatic carbocycles. The average Bonchev–Trinajstić information content (AvgIpc) is 2.53. The second kappa shape index (κ2) is 5.70. The summed E-state index contributed by atoms with van der Waals surface area (Å²) in [6.45, 7) is 2.56. The predicted molar refractivity (Wildman–Crippen MR) is 79.7 cm³/mol. The second-order valence-electron chi connectivity index (χ2n) is 4.64. The fraction of sp³-hybridized carbons (Fsp3) is 0.176. The number of aromatic nitrogens is 2. The number of pyridine rings is 2. The molecule has 20 heavy (non-hydrogen) atoms. The van der Waals surface area contributed by atoms with E-state index in [0.29, 0.717) is 12.5 Å². The highest BCUT2D eigenvalue weighted by atomic mass is 16.5. The molecule has 0 radical (unpaired) electrons. The number of para-hydroxylation sites is 1. The van der Waals surface area contributed by atoms with Gasteiger partial charge >= 0.3 is 0 Å². The first-order valence-electron chi connectivity index (χ1n) is 6.77. The number of aryl methyl sites for hydroxylation is 1. The van der Waals surface area contributed by atoms with Crippen LogP contribution in [0, 0.1) is 0 Å². The topological polar surface area (TPSA) is 35.0 Å². The Labute approximate surface area is 118 Å². The van der Waals surface area contributed by atoms with Crippen molar-refractivity contribution in [2.75, 3.05) is 0 Å². The standard InChI is InChI=1S/C17H16N2O/c1-2-13-7-9-15(18-11-13)12-20-17-10-8-14-5-3-4-6-16(14)19-17/h3-11H,2,12H2,1H3. The Bertz CT molecular complexity index is 708. The van der Waals surface area contributed by atoms with E-state index in [1.54, 1.807) is 0 Å². The van der Waals surface area contributed by atoms with Gasteiger partial charge in [-0.25, -0.2) is 4.98 Å². The zero-order valence-corrected chi connectivity index (χ0v) is 11.4. The monoisotopic (exact) mass is 264 g/mol. The van der Waals surface area contributed by atoms with Crippen LogP contribution in [0.5, 0.6) is 5.88 Å². The number of rotatable bonds is 4. The summed E-state index contributed by atoms with van der Waals surface area (Å²) in [4.78, 5) is 8.85. The SMILES string of the molecule is CCc1ccc(COc2ccc3ccccc3n2)nc1. The zero-order chi connectivity index (χ0) is 13.8. The van der Waals surface area contributed by atoms with E-state index < -0.39 is 0 Å². The Kier molecular flexibility index (Phi) is 3.59. The van der Waals surface area contributed by atoms with Gasteiger partial charge in [-0.05, 0) is 30.2 Å². The number of hydrogen-bond donors (Lipinski definition) is 0. The number of fused-ring (bicyclic) bond motifs is 1. The summed E-state index contributed by atoms with van der Waals surface area (Å²) in [5, 5.41) is 1.12. The van der Waals surface area contributed by atoms with Crippen LogP contribution in [0.4, 0.5) is 0 Å².